The van der Waals surface area contributed by atoms with Crippen molar-refractivity contribution >= 4 is 23.0 Å². The SMILES string of the molecule is Nc1ncnc2c1nc(-c1ccccn1)c(=O)n2C1CCC(C(=O)O)CC1. The first kappa shape index (κ1) is 17.1. The molecule has 1 fully saturated rings. The van der Waals surface area contributed by atoms with Crippen molar-refractivity contribution in [3.63, 3.8) is 0 Å². The molecule has 3 aromatic rings. The predicted molar refractivity (Wildman–Crippen MR) is 97.9 cm³/mol. The van der Waals surface area contributed by atoms with Crippen LogP contribution in [0.15, 0.2) is 35.5 Å². The Morgan fingerprint density at radius 3 is 2.59 bits per heavy atom. The van der Waals surface area contributed by atoms with E-state index in [-0.39, 0.29) is 29.0 Å². The van der Waals surface area contributed by atoms with Gasteiger partial charge in [0.2, 0.25) is 0 Å². The summed E-state index contributed by atoms with van der Waals surface area (Å²) in [5.74, 6) is -0.980. The molecule has 1 saturated carbocycles. The summed E-state index contributed by atoms with van der Waals surface area (Å²) in [6, 6.07) is 5.07. The van der Waals surface area contributed by atoms with Gasteiger partial charge in [-0.1, -0.05) is 6.07 Å². The number of nitrogen functional groups attached to an aromatic ring is 1. The third-order valence-corrected chi connectivity index (χ3v) is 5.02. The van der Waals surface area contributed by atoms with Crippen LogP contribution in [-0.4, -0.2) is 35.6 Å². The van der Waals surface area contributed by atoms with Crippen LogP contribution in [0.4, 0.5) is 5.82 Å². The standard InChI is InChI=1S/C18H18N6O3/c19-15-14-16(22-9-21-15)24(11-6-4-10(5-7-11)18(26)27)17(25)13(23-14)12-3-1-2-8-20-12/h1-3,8-11H,4-7H2,(H,26,27)(H2,19,21,22). The Labute approximate surface area is 153 Å². The highest BCUT2D eigenvalue weighted by Crippen LogP contribution is 2.33. The van der Waals surface area contributed by atoms with Gasteiger partial charge in [-0.3, -0.25) is 19.1 Å². The number of nitrogens with zero attached hydrogens (tertiary/aromatic N) is 5. The number of hydrogen-bond donors (Lipinski definition) is 2. The molecule has 1 aliphatic carbocycles. The molecule has 27 heavy (non-hydrogen) atoms. The maximum Gasteiger partial charge on any atom is 0.306 e. The maximum atomic E-state index is 13.3. The number of aromatic nitrogens is 5. The van der Waals surface area contributed by atoms with E-state index in [2.05, 4.69) is 19.9 Å². The maximum absolute atomic E-state index is 13.3. The fourth-order valence-corrected chi connectivity index (χ4v) is 3.63. The molecule has 138 valence electrons. The van der Waals surface area contributed by atoms with E-state index in [1.807, 2.05) is 0 Å². The van der Waals surface area contributed by atoms with Crippen LogP contribution in [0, 0.1) is 5.92 Å². The topological polar surface area (TPSA) is 137 Å². The van der Waals surface area contributed by atoms with Gasteiger partial charge in [0.25, 0.3) is 5.56 Å². The summed E-state index contributed by atoms with van der Waals surface area (Å²) in [6.45, 7) is 0. The molecule has 0 atom stereocenters. The molecular weight excluding hydrogens is 348 g/mol. The van der Waals surface area contributed by atoms with E-state index in [0.717, 1.165) is 0 Å². The monoisotopic (exact) mass is 366 g/mol. The van der Waals surface area contributed by atoms with Crippen LogP contribution < -0.4 is 11.3 Å². The zero-order valence-electron chi connectivity index (χ0n) is 14.4. The van der Waals surface area contributed by atoms with Gasteiger partial charge in [0, 0.05) is 12.2 Å². The van der Waals surface area contributed by atoms with Crippen molar-refractivity contribution in [2.45, 2.75) is 31.7 Å². The summed E-state index contributed by atoms with van der Waals surface area (Å²) in [5, 5.41) is 9.23. The van der Waals surface area contributed by atoms with Crippen molar-refractivity contribution in [1.29, 1.82) is 0 Å². The van der Waals surface area contributed by atoms with Gasteiger partial charge in [0.05, 0.1) is 11.6 Å². The van der Waals surface area contributed by atoms with Crippen molar-refractivity contribution in [2.24, 2.45) is 5.92 Å². The van der Waals surface area contributed by atoms with Gasteiger partial charge in [-0.15, -0.1) is 0 Å². The predicted octanol–water partition coefficient (Wildman–Crippen LogP) is 1.65. The zero-order valence-corrected chi connectivity index (χ0v) is 14.4. The number of hydrogen-bond acceptors (Lipinski definition) is 7. The minimum atomic E-state index is -0.791. The molecule has 3 heterocycles. The quantitative estimate of drug-likeness (QED) is 0.714. The number of aliphatic carboxylic acids is 1. The lowest BCUT2D eigenvalue weighted by atomic mass is 9.86. The largest absolute Gasteiger partial charge is 0.481 e. The van der Waals surface area contributed by atoms with Crippen molar-refractivity contribution in [3.05, 3.63) is 41.1 Å². The van der Waals surface area contributed by atoms with Crippen LogP contribution in [-0.2, 0) is 4.79 Å². The highest BCUT2D eigenvalue weighted by molar-refractivity contribution is 5.82. The van der Waals surface area contributed by atoms with E-state index in [0.29, 0.717) is 42.5 Å². The third-order valence-electron chi connectivity index (χ3n) is 5.02. The molecule has 4 rings (SSSR count). The smallest absolute Gasteiger partial charge is 0.306 e. The summed E-state index contributed by atoms with van der Waals surface area (Å²) in [5.41, 5.74) is 7.02. The molecule has 3 N–H and O–H groups in total. The first-order valence-corrected chi connectivity index (χ1v) is 8.73. The number of rotatable bonds is 3. The van der Waals surface area contributed by atoms with E-state index in [9.17, 15) is 14.7 Å². The number of nitrogens with two attached hydrogens (primary N) is 1. The normalized spacial score (nSPS) is 19.9. The highest BCUT2D eigenvalue weighted by Gasteiger charge is 2.29. The first-order valence-electron chi connectivity index (χ1n) is 8.73. The van der Waals surface area contributed by atoms with E-state index in [1.165, 1.54) is 6.33 Å². The number of carbonyl (C=O) groups is 1. The molecule has 0 bridgehead atoms. The molecule has 3 aromatic heterocycles. The lowest BCUT2D eigenvalue weighted by Crippen LogP contribution is -2.32. The average Bonchev–Trinajstić information content (AvgIpc) is 2.69. The van der Waals surface area contributed by atoms with E-state index in [4.69, 9.17) is 5.73 Å². The van der Waals surface area contributed by atoms with E-state index < -0.39 is 5.97 Å². The lowest BCUT2D eigenvalue weighted by molar-refractivity contribution is -0.143. The second-order valence-corrected chi connectivity index (χ2v) is 6.63. The summed E-state index contributed by atoms with van der Waals surface area (Å²) >= 11 is 0. The summed E-state index contributed by atoms with van der Waals surface area (Å²) in [7, 11) is 0. The molecule has 1 aliphatic rings. The molecule has 0 amide bonds. The number of fused-ring (bicyclic) bond motifs is 1. The Bertz CT molecular complexity index is 1060. The number of carboxylic acid groups (broad SMARTS) is 1. The van der Waals surface area contributed by atoms with Crippen molar-refractivity contribution in [3.8, 4) is 11.4 Å². The van der Waals surface area contributed by atoms with Gasteiger partial charge in [0.15, 0.2) is 17.2 Å². The molecule has 0 unspecified atom stereocenters. The Kier molecular flexibility index (Phi) is 4.27. The Morgan fingerprint density at radius 1 is 1.15 bits per heavy atom. The average molecular weight is 366 g/mol. The molecule has 0 spiro atoms. The van der Waals surface area contributed by atoms with Crippen LogP contribution in [0.25, 0.3) is 22.6 Å². The Hall–Kier alpha value is -3.36. The molecule has 0 aromatic carbocycles. The third kappa shape index (κ3) is 3.01. The summed E-state index contributed by atoms with van der Waals surface area (Å²) < 4.78 is 1.59. The van der Waals surface area contributed by atoms with Gasteiger partial charge in [0.1, 0.15) is 11.8 Å². The minimum Gasteiger partial charge on any atom is -0.481 e. The number of anilines is 1. The number of carboxylic acids is 1. The Balaban J connectivity index is 1.89. The number of pyridine rings is 1. The molecule has 9 heteroatoms. The van der Waals surface area contributed by atoms with Crippen LogP contribution >= 0.6 is 0 Å². The van der Waals surface area contributed by atoms with Gasteiger partial charge < -0.3 is 10.8 Å². The van der Waals surface area contributed by atoms with Gasteiger partial charge >= 0.3 is 5.97 Å². The fourth-order valence-electron chi connectivity index (χ4n) is 3.63. The lowest BCUT2D eigenvalue weighted by Gasteiger charge is -2.28. The van der Waals surface area contributed by atoms with Gasteiger partial charge in [-0.25, -0.2) is 15.0 Å². The van der Waals surface area contributed by atoms with E-state index >= 15 is 0 Å². The molecule has 0 saturated heterocycles. The van der Waals surface area contributed by atoms with Crippen LogP contribution in [0.1, 0.15) is 31.7 Å². The van der Waals surface area contributed by atoms with Gasteiger partial charge in [-0.2, -0.15) is 0 Å². The second kappa shape index (κ2) is 6.75. The molecule has 0 radical (unpaired) electrons. The van der Waals surface area contributed by atoms with Crippen LogP contribution in [0.2, 0.25) is 0 Å². The van der Waals surface area contributed by atoms with E-state index in [1.54, 1.807) is 29.0 Å². The van der Waals surface area contributed by atoms with Crippen molar-refractivity contribution in [2.75, 3.05) is 5.73 Å². The van der Waals surface area contributed by atoms with Crippen LogP contribution in [0.5, 0.6) is 0 Å². The highest BCUT2D eigenvalue weighted by atomic mass is 16.4. The molecule has 0 aliphatic heterocycles. The van der Waals surface area contributed by atoms with Crippen LogP contribution in [0.3, 0.4) is 0 Å². The summed E-state index contributed by atoms with van der Waals surface area (Å²) in [6.07, 6.45) is 5.06. The Morgan fingerprint density at radius 2 is 1.93 bits per heavy atom. The van der Waals surface area contributed by atoms with Gasteiger partial charge in [-0.05, 0) is 37.8 Å². The molecular formula is C18H18N6O3. The zero-order chi connectivity index (χ0) is 19.0. The molecule has 9 nitrogen and oxygen atoms in total. The summed E-state index contributed by atoms with van der Waals surface area (Å²) in [4.78, 5) is 41.3. The second-order valence-electron chi connectivity index (χ2n) is 6.63. The first-order chi connectivity index (χ1) is 13.1. The van der Waals surface area contributed by atoms with Crippen molar-refractivity contribution < 1.29 is 9.90 Å². The minimum absolute atomic E-state index is 0.171. The van der Waals surface area contributed by atoms with Crippen molar-refractivity contribution in [1.82, 2.24) is 24.5 Å². The fraction of sp³-hybridized carbons (Fsp3) is 0.333.